The van der Waals surface area contributed by atoms with Gasteiger partial charge in [0, 0.05) is 74.4 Å². The molecular formula is C56H89NO14S2. The van der Waals surface area contributed by atoms with Crippen LogP contribution in [-0.4, -0.2) is 166 Å². The molecule has 73 heavy (non-hydrogen) atoms. The van der Waals surface area contributed by atoms with Gasteiger partial charge >= 0.3 is 5.97 Å². The molecule has 0 aromatic rings. The van der Waals surface area contributed by atoms with E-state index in [4.69, 9.17) is 28.8 Å². The summed E-state index contributed by atoms with van der Waals surface area (Å²) in [4.78, 5) is 72.6. The Hall–Kier alpha value is -2.71. The van der Waals surface area contributed by atoms with Crippen molar-refractivity contribution in [1.82, 2.24) is 4.90 Å². The van der Waals surface area contributed by atoms with Gasteiger partial charge in [-0.3, -0.25) is 19.2 Å². The summed E-state index contributed by atoms with van der Waals surface area (Å²) < 4.78 is 30.3. The first kappa shape index (κ1) is 62.8. The van der Waals surface area contributed by atoms with E-state index in [1.165, 1.54) is 12.0 Å². The number of carbonyl (C=O) groups excluding carboxylic acids is 5. The van der Waals surface area contributed by atoms with Crippen molar-refractivity contribution in [2.45, 2.75) is 180 Å². The number of carbonyl (C=O) groups is 5. The fourth-order valence-electron chi connectivity index (χ4n) is 10.7. The maximum Gasteiger partial charge on any atom is 0.329 e. The summed E-state index contributed by atoms with van der Waals surface area (Å²) in [5.41, 5.74) is 1.27. The minimum atomic E-state index is -2.46. The number of fused-ring (bicyclic) bond motifs is 3. The van der Waals surface area contributed by atoms with Crippen LogP contribution in [0.1, 0.15) is 126 Å². The molecule has 414 valence electrons. The van der Waals surface area contributed by atoms with Gasteiger partial charge in [-0.2, -0.15) is 23.5 Å². The summed E-state index contributed by atoms with van der Waals surface area (Å²) in [5.74, 6) is -4.87. The smallest absolute Gasteiger partial charge is 0.329 e. The Labute approximate surface area is 444 Å². The lowest BCUT2D eigenvalue weighted by Crippen LogP contribution is -2.61. The van der Waals surface area contributed by atoms with Gasteiger partial charge in [-0.15, -0.1) is 0 Å². The Morgan fingerprint density at radius 1 is 0.849 bits per heavy atom. The topological polar surface area (TPSA) is 216 Å². The molecule has 2 saturated heterocycles. The van der Waals surface area contributed by atoms with E-state index in [0.717, 1.165) is 22.8 Å². The molecule has 1 aliphatic carbocycles. The molecule has 4 rings (SSSR count). The first-order valence-corrected chi connectivity index (χ1v) is 29.1. The second-order valence-electron chi connectivity index (χ2n) is 21.2. The third kappa shape index (κ3) is 18.8. The van der Waals surface area contributed by atoms with Crippen molar-refractivity contribution >= 4 is 52.7 Å². The Bertz CT molecular complexity index is 1910. The number of Topliss-reactive ketones (excluding diaryl/α,β-unsaturated/α-hetero) is 3. The maximum atomic E-state index is 14.5. The predicted octanol–water partition coefficient (Wildman–Crippen LogP) is 7.01. The Kier molecular flexibility index (Phi) is 27.1. The van der Waals surface area contributed by atoms with E-state index in [0.29, 0.717) is 82.1 Å². The molecule has 0 aromatic carbocycles. The van der Waals surface area contributed by atoms with Crippen LogP contribution in [0.3, 0.4) is 0 Å². The summed E-state index contributed by atoms with van der Waals surface area (Å²) >= 11 is 3.44. The van der Waals surface area contributed by atoms with Crippen molar-refractivity contribution in [3.05, 3.63) is 47.6 Å². The van der Waals surface area contributed by atoms with Gasteiger partial charge in [0.15, 0.2) is 5.78 Å². The van der Waals surface area contributed by atoms with Crippen LogP contribution < -0.4 is 0 Å². The first-order chi connectivity index (χ1) is 34.7. The quantitative estimate of drug-likeness (QED) is 0.0596. The summed E-state index contributed by atoms with van der Waals surface area (Å²) in [5, 5.41) is 43.3. The van der Waals surface area contributed by atoms with Crippen molar-refractivity contribution in [3.8, 4) is 0 Å². The number of piperidine rings is 1. The number of cyclic esters (lactones) is 1. The van der Waals surface area contributed by atoms with Gasteiger partial charge in [-0.1, -0.05) is 71.1 Å². The van der Waals surface area contributed by atoms with E-state index in [1.54, 1.807) is 57.5 Å². The van der Waals surface area contributed by atoms with Gasteiger partial charge in [-0.25, -0.2) is 4.79 Å². The number of aliphatic hydroxyl groups excluding tert-OH is 3. The van der Waals surface area contributed by atoms with Gasteiger partial charge < -0.3 is 49.0 Å². The predicted molar refractivity (Wildman–Crippen MR) is 286 cm³/mol. The van der Waals surface area contributed by atoms with Crippen LogP contribution in [0.4, 0.5) is 0 Å². The maximum absolute atomic E-state index is 14.5. The number of rotatable bonds is 14. The second-order valence-corrected chi connectivity index (χ2v) is 23.6. The van der Waals surface area contributed by atoms with Crippen LogP contribution in [0, 0.1) is 35.5 Å². The van der Waals surface area contributed by atoms with E-state index >= 15 is 0 Å². The molecule has 2 bridgehead atoms. The van der Waals surface area contributed by atoms with E-state index < -0.39 is 83.9 Å². The monoisotopic (exact) mass is 1060 g/mol. The van der Waals surface area contributed by atoms with Gasteiger partial charge in [-0.05, 0) is 107 Å². The molecule has 1 saturated carbocycles. The number of hydrogen-bond donors (Lipinski definition) is 4. The zero-order chi connectivity index (χ0) is 53.8. The summed E-state index contributed by atoms with van der Waals surface area (Å²) in [7, 11) is 2.95. The number of esters is 1. The molecule has 0 radical (unpaired) electrons. The third-order valence-corrected chi connectivity index (χ3v) is 17.5. The van der Waals surface area contributed by atoms with Gasteiger partial charge in [0.1, 0.15) is 30.1 Å². The number of methoxy groups -OCH3 is 2. The van der Waals surface area contributed by atoms with Crippen molar-refractivity contribution in [2.75, 3.05) is 57.0 Å². The number of allylic oxidation sites excluding steroid dienone is 6. The fraction of sp³-hybridized carbons (Fsp3) is 0.768. The first-order valence-electron chi connectivity index (χ1n) is 26.8. The molecule has 3 aliphatic heterocycles. The normalized spacial score (nSPS) is 37.3. The molecule has 15 atom stereocenters. The molecule has 17 heteroatoms. The third-order valence-electron chi connectivity index (χ3n) is 15.3. The Morgan fingerprint density at radius 3 is 2.27 bits per heavy atom. The number of nitrogens with zero attached hydrogens (tertiary/aromatic N) is 1. The minimum absolute atomic E-state index is 0.000229. The number of aliphatic hydroxyl groups is 4. The minimum Gasteiger partial charge on any atom is -0.460 e. The Morgan fingerprint density at radius 2 is 1.58 bits per heavy atom. The zero-order valence-corrected chi connectivity index (χ0v) is 46.8. The zero-order valence-electron chi connectivity index (χ0n) is 45.1. The number of thioether (sulfide) groups is 2. The standard InChI is InChI=1S/C56H89NO14S2/c1-35-15-11-10-12-16-36(2)47(69-24-26-73-28-27-72-25-23-58)33-43-20-18-41(7)56(66,71-43)53(63)54(64)57-22-14-13-17-44(57)55(65)70-48(38(4)31-42-19-21-45(59)49(32-42)67-8)34-46(60)37(3)30-40(6)51(62)52(68-9)50(61)39(5)29-35/h10-12,15-16,30,35,37-39,41-45,47-49,51-52,58-59,62,66H,13-14,17-29,31-34H2,1-9H3/b12-10+,15-11+,36-16+,40-30+/t35-,37-,38-,39-,41-,42+,43+,44+,45-,47+,48+,49-,51-,52+,56-/m1/s1. The van der Waals surface area contributed by atoms with E-state index in [-0.39, 0.29) is 61.4 Å². The van der Waals surface area contributed by atoms with Gasteiger partial charge in [0.05, 0.1) is 37.6 Å². The highest BCUT2D eigenvalue weighted by molar-refractivity contribution is 8.02. The van der Waals surface area contributed by atoms with E-state index in [2.05, 4.69) is 0 Å². The highest BCUT2D eigenvalue weighted by Gasteiger charge is 2.53. The highest BCUT2D eigenvalue weighted by atomic mass is 32.2. The van der Waals surface area contributed by atoms with Crippen molar-refractivity contribution in [2.24, 2.45) is 35.5 Å². The lowest BCUT2D eigenvalue weighted by Gasteiger charge is -2.43. The Balaban J connectivity index is 1.69. The summed E-state index contributed by atoms with van der Waals surface area (Å²) in [6, 6.07) is -1.16. The van der Waals surface area contributed by atoms with E-state index in [1.807, 2.05) is 58.1 Å². The fourth-order valence-corrected chi connectivity index (χ4v) is 12.4. The van der Waals surface area contributed by atoms with Crippen LogP contribution in [0.2, 0.25) is 0 Å². The number of ether oxygens (including phenoxy) is 5. The van der Waals surface area contributed by atoms with Gasteiger partial charge in [0.2, 0.25) is 5.79 Å². The van der Waals surface area contributed by atoms with Crippen molar-refractivity contribution in [1.29, 1.82) is 0 Å². The summed E-state index contributed by atoms with van der Waals surface area (Å²) in [6.07, 6.45) is 11.0. The molecule has 4 N–H and O–H groups in total. The average molecular weight is 1060 g/mol. The molecule has 3 fully saturated rings. The number of amides is 1. The molecule has 3 heterocycles. The molecule has 4 aliphatic rings. The van der Waals surface area contributed by atoms with Crippen LogP contribution in [0.25, 0.3) is 0 Å². The molecule has 0 aromatic heterocycles. The molecule has 0 spiro atoms. The van der Waals surface area contributed by atoms with Crippen molar-refractivity contribution < 1.29 is 68.1 Å². The molecule has 1 amide bonds. The highest BCUT2D eigenvalue weighted by Crippen LogP contribution is 2.38. The lowest BCUT2D eigenvalue weighted by atomic mass is 9.78. The molecule has 0 unspecified atom stereocenters. The molecule has 15 nitrogen and oxygen atoms in total. The van der Waals surface area contributed by atoms with Gasteiger partial charge in [0.25, 0.3) is 11.7 Å². The average Bonchev–Trinajstić information content (AvgIpc) is 3.37. The lowest BCUT2D eigenvalue weighted by molar-refractivity contribution is -0.266. The number of hydrogen-bond acceptors (Lipinski definition) is 16. The van der Waals surface area contributed by atoms with Crippen LogP contribution >= 0.6 is 23.5 Å². The van der Waals surface area contributed by atoms with E-state index in [9.17, 15) is 39.3 Å². The molecular weight excluding hydrogens is 975 g/mol. The van der Waals surface area contributed by atoms with Crippen LogP contribution in [0.5, 0.6) is 0 Å². The number of ketones is 3. The summed E-state index contributed by atoms with van der Waals surface area (Å²) in [6.45, 7) is 13.4. The van der Waals surface area contributed by atoms with Crippen LogP contribution in [0.15, 0.2) is 47.6 Å². The second kappa shape index (κ2) is 31.5. The van der Waals surface area contributed by atoms with Crippen LogP contribution in [-0.2, 0) is 47.7 Å². The largest absolute Gasteiger partial charge is 0.460 e. The van der Waals surface area contributed by atoms with Crippen molar-refractivity contribution in [3.63, 3.8) is 0 Å². The SMILES string of the molecule is CO[C@@H]1C[C@H](C[C@@H](C)[C@@H]2CC(=O)[C@H](C)/C=C(\C)[C@@H](O)[C@@H](OC)C(=O)[C@H](C)C[C@H](C)/C=C/C=C/C=C(\C)[C@@H](OCCSCCSCCO)C[C@@H]3CC[C@@H](C)[C@@](O)(O3)C(=O)C(=O)N3CCCC[C@H]3C(=O)O2)CC[C@H]1O.